The van der Waals surface area contributed by atoms with E-state index in [1.807, 2.05) is 0 Å². The topological polar surface area (TPSA) is 44.8 Å². The molecule has 4 rings (SSSR count). The summed E-state index contributed by atoms with van der Waals surface area (Å²) < 4.78 is 27.7. The lowest BCUT2D eigenvalue weighted by Crippen LogP contribution is -2.33. The second kappa shape index (κ2) is 5.30. The smallest absolute Gasteiger partial charge is 0.225 e. The van der Waals surface area contributed by atoms with E-state index in [0.29, 0.717) is 28.3 Å². The number of halogens is 3. The first-order valence-corrected chi connectivity index (χ1v) is 7.99. The van der Waals surface area contributed by atoms with E-state index in [9.17, 15) is 8.78 Å². The molecule has 0 saturated carbocycles. The van der Waals surface area contributed by atoms with Gasteiger partial charge in [0.1, 0.15) is 22.7 Å². The van der Waals surface area contributed by atoms with Crippen molar-refractivity contribution in [3.8, 4) is 0 Å². The van der Waals surface area contributed by atoms with Gasteiger partial charge in [-0.2, -0.15) is 4.98 Å². The third-order valence-corrected chi connectivity index (χ3v) is 4.67. The molecule has 0 spiro atoms. The summed E-state index contributed by atoms with van der Waals surface area (Å²) in [6, 6.07) is 2.12. The van der Waals surface area contributed by atoms with Gasteiger partial charge in [-0.1, -0.05) is 6.92 Å². The van der Waals surface area contributed by atoms with Gasteiger partial charge in [-0.25, -0.2) is 13.8 Å². The Balaban J connectivity index is 1.96. The van der Waals surface area contributed by atoms with Crippen molar-refractivity contribution >= 4 is 39.4 Å². The Morgan fingerprint density at radius 3 is 2.70 bits per heavy atom. The van der Waals surface area contributed by atoms with Crippen LogP contribution in [0.1, 0.15) is 19.8 Å². The number of aromatic nitrogens is 3. The first-order chi connectivity index (χ1) is 11.0. The van der Waals surface area contributed by atoms with Gasteiger partial charge < -0.3 is 9.88 Å². The highest BCUT2D eigenvalue weighted by molar-refractivity contribution is 6.29. The standard InChI is InChI=1S/C16H15ClF2N4/c1-8-2-4-23(5-3-8)15-14-13(21-16(17)22-15)12-10(19)6-9(18)7-11(12)20-14/h6-8,20H,2-5H2,1H3. The van der Waals surface area contributed by atoms with Crippen molar-refractivity contribution in [1.82, 2.24) is 15.0 Å². The molecule has 1 aliphatic heterocycles. The minimum absolute atomic E-state index is 0.0655. The zero-order valence-corrected chi connectivity index (χ0v) is 13.3. The second-order valence-corrected chi connectivity index (χ2v) is 6.48. The highest BCUT2D eigenvalue weighted by Crippen LogP contribution is 2.34. The molecule has 3 heterocycles. The lowest BCUT2D eigenvalue weighted by molar-refractivity contribution is 0.437. The van der Waals surface area contributed by atoms with E-state index < -0.39 is 11.6 Å². The SMILES string of the molecule is CC1CCN(c2nc(Cl)nc3c2[nH]c2cc(F)cc(F)c23)CC1. The Labute approximate surface area is 136 Å². The lowest BCUT2D eigenvalue weighted by Gasteiger charge is -2.31. The van der Waals surface area contributed by atoms with Gasteiger partial charge in [0, 0.05) is 19.2 Å². The predicted molar refractivity (Wildman–Crippen MR) is 86.9 cm³/mol. The molecule has 4 nitrogen and oxygen atoms in total. The van der Waals surface area contributed by atoms with E-state index in [1.165, 1.54) is 6.07 Å². The van der Waals surface area contributed by atoms with Crippen molar-refractivity contribution in [3.63, 3.8) is 0 Å². The lowest BCUT2D eigenvalue weighted by atomic mass is 9.99. The molecule has 2 aromatic heterocycles. The number of nitrogens with one attached hydrogen (secondary N) is 1. The zero-order valence-electron chi connectivity index (χ0n) is 12.5. The number of hydrogen-bond donors (Lipinski definition) is 1. The summed E-state index contributed by atoms with van der Waals surface area (Å²) >= 11 is 6.05. The molecular weight excluding hydrogens is 322 g/mol. The molecule has 0 aliphatic carbocycles. The van der Waals surface area contributed by atoms with Gasteiger partial charge in [0.05, 0.1) is 10.9 Å². The number of hydrogen-bond acceptors (Lipinski definition) is 3. The van der Waals surface area contributed by atoms with E-state index in [2.05, 4.69) is 26.8 Å². The summed E-state index contributed by atoms with van der Waals surface area (Å²) in [5.74, 6) is 0.0457. The molecule has 7 heteroatoms. The average molecular weight is 337 g/mol. The number of nitrogens with zero attached hydrogens (tertiary/aromatic N) is 3. The molecule has 3 aromatic rings. The number of anilines is 1. The zero-order chi connectivity index (χ0) is 16.1. The molecule has 1 aromatic carbocycles. The first-order valence-electron chi connectivity index (χ1n) is 7.62. The summed E-state index contributed by atoms with van der Waals surface area (Å²) in [4.78, 5) is 13.7. The molecule has 1 fully saturated rings. The van der Waals surface area contributed by atoms with Crippen LogP contribution in [0.4, 0.5) is 14.6 Å². The average Bonchev–Trinajstić information content (AvgIpc) is 2.85. The molecule has 0 atom stereocenters. The maximum atomic E-state index is 14.2. The van der Waals surface area contributed by atoms with Crippen molar-refractivity contribution in [2.24, 2.45) is 5.92 Å². The van der Waals surface area contributed by atoms with Gasteiger partial charge in [0.15, 0.2) is 5.82 Å². The predicted octanol–water partition coefficient (Wildman–Crippen LogP) is 4.28. The molecule has 1 saturated heterocycles. The van der Waals surface area contributed by atoms with Crippen LogP contribution in [0.25, 0.3) is 21.9 Å². The van der Waals surface area contributed by atoms with Crippen LogP contribution in [-0.4, -0.2) is 28.0 Å². The van der Waals surface area contributed by atoms with Crippen LogP contribution in [0.5, 0.6) is 0 Å². The van der Waals surface area contributed by atoms with Crippen LogP contribution >= 0.6 is 11.6 Å². The number of piperidine rings is 1. The molecule has 0 unspecified atom stereocenters. The number of aromatic amines is 1. The number of H-pyrrole nitrogens is 1. The molecule has 0 amide bonds. The molecule has 0 bridgehead atoms. The van der Waals surface area contributed by atoms with Crippen molar-refractivity contribution in [1.29, 1.82) is 0 Å². The highest BCUT2D eigenvalue weighted by Gasteiger charge is 2.23. The molecule has 23 heavy (non-hydrogen) atoms. The fraction of sp³-hybridized carbons (Fsp3) is 0.375. The van der Waals surface area contributed by atoms with E-state index in [4.69, 9.17) is 11.6 Å². The minimum Gasteiger partial charge on any atom is -0.355 e. The Kier molecular flexibility index (Phi) is 3.37. The summed E-state index contributed by atoms with van der Waals surface area (Å²) in [6.45, 7) is 3.94. The van der Waals surface area contributed by atoms with Crippen LogP contribution in [0, 0.1) is 17.6 Å². The summed E-state index contributed by atoms with van der Waals surface area (Å²) in [6.07, 6.45) is 2.12. The quantitative estimate of drug-likeness (QED) is 0.675. The van der Waals surface area contributed by atoms with E-state index in [0.717, 1.165) is 32.0 Å². The van der Waals surface area contributed by atoms with Gasteiger partial charge in [-0.15, -0.1) is 0 Å². The van der Waals surface area contributed by atoms with E-state index in [1.54, 1.807) is 0 Å². The maximum absolute atomic E-state index is 14.2. The van der Waals surface area contributed by atoms with Gasteiger partial charge in [-0.3, -0.25) is 0 Å². The Morgan fingerprint density at radius 1 is 1.22 bits per heavy atom. The Hall–Kier alpha value is -1.95. The van der Waals surface area contributed by atoms with Crippen molar-refractivity contribution in [3.05, 3.63) is 29.1 Å². The molecule has 0 radical (unpaired) electrons. The normalized spacial score (nSPS) is 16.6. The van der Waals surface area contributed by atoms with E-state index in [-0.39, 0.29) is 10.7 Å². The molecular formula is C16H15ClF2N4. The second-order valence-electron chi connectivity index (χ2n) is 6.14. The summed E-state index contributed by atoms with van der Waals surface area (Å²) in [5, 5.41) is 0.313. The Bertz CT molecular complexity index is 900. The maximum Gasteiger partial charge on any atom is 0.225 e. The highest BCUT2D eigenvalue weighted by atomic mass is 35.5. The monoisotopic (exact) mass is 336 g/mol. The van der Waals surface area contributed by atoms with Crippen molar-refractivity contribution in [2.75, 3.05) is 18.0 Å². The van der Waals surface area contributed by atoms with Crippen LogP contribution in [0.3, 0.4) is 0 Å². The number of rotatable bonds is 1. The van der Waals surface area contributed by atoms with Crippen molar-refractivity contribution in [2.45, 2.75) is 19.8 Å². The van der Waals surface area contributed by atoms with E-state index >= 15 is 0 Å². The summed E-state index contributed by atoms with van der Waals surface area (Å²) in [5.41, 5.74) is 1.36. The van der Waals surface area contributed by atoms with Crippen LogP contribution < -0.4 is 4.90 Å². The van der Waals surface area contributed by atoms with Gasteiger partial charge in [0.25, 0.3) is 0 Å². The number of fused-ring (bicyclic) bond motifs is 3. The van der Waals surface area contributed by atoms with Gasteiger partial charge >= 0.3 is 0 Å². The van der Waals surface area contributed by atoms with Crippen LogP contribution in [-0.2, 0) is 0 Å². The molecule has 120 valence electrons. The number of benzene rings is 1. The fourth-order valence-corrected chi connectivity index (χ4v) is 3.38. The van der Waals surface area contributed by atoms with Gasteiger partial charge in [0.2, 0.25) is 5.28 Å². The minimum atomic E-state index is -0.653. The molecule has 1 aliphatic rings. The Morgan fingerprint density at radius 2 is 1.96 bits per heavy atom. The summed E-state index contributed by atoms with van der Waals surface area (Å²) in [7, 11) is 0. The largest absolute Gasteiger partial charge is 0.355 e. The van der Waals surface area contributed by atoms with Gasteiger partial charge in [-0.05, 0) is 36.4 Å². The third-order valence-electron chi connectivity index (χ3n) is 4.50. The molecule has 1 N–H and O–H groups in total. The first kappa shape index (κ1) is 14.6. The van der Waals surface area contributed by atoms with Crippen LogP contribution in [0.15, 0.2) is 12.1 Å². The van der Waals surface area contributed by atoms with Crippen LogP contribution in [0.2, 0.25) is 5.28 Å². The third kappa shape index (κ3) is 2.41. The van der Waals surface area contributed by atoms with Crippen molar-refractivity contribution < 1.29 is 8.78 Å². The fourth-order valence-electron chi connectivity index (χ4n) is 3.22.